The van der Waals surface area contributed by atoms with E-state index in [2.05, 4.69) is 5.32 Å². The van der Waals surface area contributed by atoms with Gasteiger partial charge in [0.15, 0.2) is 0 Å². The van der Waals surface area contributed by atoms with Gasteiger partial charge in [0, 0.05) is 11.6 Å². The van der Waals surface area contributed by atoms with Crippen LogP contribution in [-0.4, -0.2) is 29.8 Å². The summed E-state index contributed by atoms with van der Waals surface area (Å²) in [6.45, 7) is 2.69. The molecule has 0 spiro atoms. The average molecular weight is 249 g/mol. The molecule has 4 nitrogen and oxygen atoms in total. The van der Waals surface area contributed by atoms with Gasteiger partial charge in [-0.25, -0.2) is 0 Å². The number of benzene rings is 1. The Morgan fingerprint density at radius 3 is 2.94 bits per heavy atom. The Balaban J connectivity index is 1.92. The van der Waals surface area contributed by atoms with Gasteiger partial charge in [-0.05, 0) is 37.5 Å². The standard InChI is InChI=1S/C14H19NO3/c1-2-6-18-13-5-3-4-10(7-13)14(17)15-11-8-12(16)9-11/h3-5,7,11-12,16H,2,6,8-9H2,1H3,(H,15,17). The quantitative estimate of drug-likeness (QED) is 0.835. The molecule has 0 saturated heterocycles. The lowest BCUT2D eigenvalue weighted by atomic mass is 9.89. The Bertz CT molecular complexity index is 413. The van der Waals surface area contributed by atoms with Crippen molar-refractivity contribution in [3.05, 3.63) is 29.8 Å². The fraction of sp³-hybridized carbons (Fsp3) is 0.500. The molecule has 2 rings (SSSR count). The number of amides is 1. The Kier molecular flexibility index (Phi) is 4.20. The van der Waals surface area contributed by atoms with Crippen molar-refractivity contribution < 1.29 is 14.6 Å². The molecule has 1 aliphatic rings. The van der Waals surface area contributed by atoms with Gasteiger partial charge in [0.05, 0.1) is 12.7 Å². The summed E-state index contributed by atoms with van der Waals surface area (Å²) in [5.74, 6) is 0.618. The number of carbonyl (C=O) groups is 1. The van der Waals surface area contributed by atoms with Gasteiger partial charge in [0.2, 0.25) is 0 Å². The van der Waals surface area contributed by atoms with Gasteiger partial charge in [-0.1, -0.05) is 13.0 Å². The summed E-state index contributed by atoms with van der Waals surface area (Å²) in [4.78, 5) is 11.9. The third-order valence-electron chi connectivity index (χ3n) is 3.02. The third kappa shape index (κ3) is 3.23. The number of aliphatic hydroxyl groups excluding tert-OH is 1. The van der Waals surface area contributed by atoms with Crippen LogP contribution in [0.5, 0.6) is 5.75 Å². The second-order valence-corrected chi connectivity index (χ2v) is 4.67. The zero-order chi connectivity index (χ0) is 13.0. The molecule has 1 amide bonds. The molecule has 1 aromatic rings. The van der Waals surface area contributed by atoms with Gasteiger partial charge in [-0.2, -0.15) is 0 Å². The van der Waals surface area contributed by atoms with E-state index in [4.69, 9.17) is 4.74 Å². The minimum Gasteiger partial charge on any atom is -0.494 e. The van der Waals surface area contributed by atoms with Crippen LogP contribution in [0.1, 0.15) is 36.5 Å². The Labute approximate surface area is 107 Å². The van der Waals surface area contributed by atoms with Crippen molar-refractivity contribution in [2.75, 3.05) is 6.61 Å². The summed E-state index contributed by atoms with van der Waals surface area (Å²) < 4.78 is 5.49. The zero-order valence-electron chi connectivity index (χ0n) is 10.6. The molecule has 1 fully saturated rings. The predicted octanol–water partition coefficient (Wildman–Crippen LogP) is 1.73. The molecule has 0 atom stereocenters. The highest BCUT2D eigenvalue weighted by Crippen LogP contribution is 2.20. The van der Waals surface area contributed by atoms with Crippen LogP contribution in [0.25, 0.3) is 0 Å². The Hall–Kier alpha value is -1.55. The van der Waals surface area contributed by atoms with E-state index in [0.717, 1.165) is 12.2 Å². The minimum absolute atomic E-state index is 0.103. The lowest BCUT2D eigenvalue weighted by Crippen LogP contribution is -2.46. The lowest BCUT2D eigenvalue weighted by molar-refractivity contribution is 0.0562. The largest absolute Gasteiger partial charge is 0.494 e. The average Bonchev–Trinajstić information content (AvgIpc) is 2.35. The van der Waals surface area contributed by atoms with E-state index in [0.29, 0.717) is 25.0 Å². The maximum absolute atomic E-state index is 11.9. The Morgan fingerprint density at radius 2 is 2.28 bits per heavy atom. The molecular formula is C14H19NO3. The van der Waals surface area contributed by atoms with E-state index in [1.165, 1.54) is 0 Å². The fourth-order valence-corrected chi connectivity index (χ4v) is 1.92. The molecular weight excluding hydrogens is 230 g/mol. The molecule has 98 valence electrons. The van der Waals surface area contributed by atoms with Crippen LogP contribution in [-0.2, 0) is 0 Å². The molecule has 1 saturated carbocycles. The van der Waals surface area contributed by atoms with Crippen LogP contribution in [0.2, 0.25) is 0 Å². The highest BCUT2D eigenvalue weighted by molar-refractivity contribution is 5.94. The van der Waals surface area contributed by atoms with Crippen molar-refractivity contribution >= 4 is 5.91 Å². The third-order valence-corrected chi connectivity index (χ3v) is 3.02. The number of rotatable bonds is 5. The maximum Gasteiger partial charge on any atom is 0.251 e. The lowest BCUT2D eigenvalue weighted by Gasteiger charge is -2.31. The first-order valence-corrected chi connectivity index (χ1v) is 6.41. The number of nitrogens with one attached hydrogen (secondary N) is 1. The van der Waals surface area contributed by atoms with E-state index in [1.807, 2.05) is 19.1 Å². The van der Waals surface area contributed by atoms with Crippen molar-refractivity contribution in [2.24, 2.45) is 0 Å². The van der Waals surface area contributed by atoms with Crippen LogP contribution in [0, 0.1) is 0 Å². The number of aliphatic hydroxyl groups is 1. The molecule has 0 aliphatic heterocycles. The van der Waals surface area contributed by atoms with Crippen molar-refractivity contribution in [1.29, 1.82) is 0 Å². The number of hydrogen-bond donors (Lipinski definition) is 2. The molecule has 4 heteroatoms. The molecule has 0 aromatic heterocycles. The highest BCUT2D eigenvalue weighted by atomic mass is 16.5. The summed E-state index contributed by atoms with van der Waals surface area (Å²) >= 11 is 0. The smallest absolute Gasteiger partial charge is 0.251 e. The van der Waals surface area contributed by atoms with Crippen molar-refractivity contribution in [3.8, 4) is 5.75 Å². The van der Waals surface area contributed by atoms with E-state index in [1.54, 1.807) is 12.1 Å². The normalized spacial score (nSPS) is 22.1. The first-order chi connectivity index (χ1) is 8.69. The van der Waals surface area contributed by atoms with Crippen LogP contribution >= 0.6 is 0 Å². The van der Waals surface area contributed by atoms with Crippen LogP contribution in [0.15, 0.2) is 24.3 Å². The molecule has 2 N–H and O–H groups in total. The summed E-state index contributed by atoms with van der Waals surface area (Å²) in [5, 5.41) is 12.1. The summed E-state index contributed by atoms with van der Waals surface area (Å²) in [6, 6.07) is 7.28. The molecule has 0 unspecified atom stereocenters. The van der Waals surface area contributed by atoms with Gasteiger partial charge in [-0.3, -0.25) is 4.79 Å². The summed E-state index contributed by atoms with van der Waals surface area (Å²) in [7, 11) is 0. The topological polar surface area (TPSA) is 58.6 Å². The van der Waals surface area contributed by atoms with E-state index in [-0.39, 0.29) is 18.1 Å². The van der Waals surface area contributed by atoms with Gasteiger partial charge < -0.3 is 15.2 Å². The second-order valence-electron chi connectivity index (χ2n) is 4.67. The molecule has 1 aromatic carbocycles. The van der Waals surface area contributed by atoms with Gasteiger partial charge in [0.25, 0.3) is 5.91 Å². The maximum atomic E-state index is 11.9. The van der Waals surface area contributed by atoms with Crippen molar-refractivity contribution in [1.82, 2.24) is 5.32 Å². The predicted molar refractivity (Wildman–Crippen MR) is 68.7 cm³/mol. The first-order valence-electron chi connectivity index (χ1n) is 6.41. The highest BCUT2D eigenvalue weighted by Gasteiger charge is 2.28. The van der Waals surface area contributed by atoms with Gasteiger partial charge >= 0.3 is 0 Å². The van der Waals surface area contributed by atoms with Crippen molar-refractivity contribution in [2.45, 2.75) is 38.3 Å². The molecule has 0 bridgehead atoms. The zero-order valence-corrected chi connectivity index (χ0v) is 10.6. The van der Waals surface area contributed by atoms with Crippen LogP contribution < -0.4 is 10.1 Å². The molecule has 18 heavy (non-hydrogen) atoms. The van der Waals surface area contributed by atoms with Gasteiger partial charge in [0.1, 0.15) is 5.75 Å². The first kappa shape index (κ1) is 12.9. The Morgan fingerprint density at radius 1 is 1.50 bits per heavy atom. The number of ether oxygens (including phenoxy) is 1. The molecule has 1 aliphatic carbocycles. The van der Waals surface area contributed by atoms with Crippen molar-refractivity contribution in [3.63, 3.8) is 0 Å². The number of carbonyl (C=O) groups excluding carboxylic acids is 1. The SMILES string of the molecule is CCCOc1cccc(C(=O)NC2CC(O)C2)c1. The molecule has 0 heterocycles. The van der Waals surface area contributed by atoms with E-state index in [9.17, 15) is 9.90 Å². The van der Waals surface area contributed by atoms with Crippen LogP contribution in [0.3, 0.4) is 0 Å². The summed E-state index contributed by atoms with van der Waals surface area (Å²) in [5.41, 5.74) is 0.602. The van der Waals surface area contributed by atoms with Crippen LogP contribution in [0.4, 0.5) is 0 Å². The minimum atomic E-state index is -0.255. The fourth-order valence-electron chi connectivity index (χ4n) is 1.92. The second kappa shape index (κ2) is 5.87. The number of hydrogen-bond acceptors (Lipinski definition) is 3. The van der Waals surface area contributed by atoms with Gasteiger partial charge in [-0.15, -0.1) is 0 Å². The van der Waals surface area contributed by atoms with E-state index >= 15 is 0 Å². The molecule has 0 radical (unpaired) electrons. The monoisotopic (exact) mass is 249 g/mol. The van der Waals surface area contributed by atoms with E-state index < -0.39 is 0 Å². The summed E-state index contributed by atoms with van der Waals surface area (Å²) in [6.07, 6.45) is 1.99.